The minimum Gasteiger partial charge on any atom is -0.315 e. The molecule has 0 spiro atoms. The Labute approximate surface area is 104 Å². The average Bonchev–Trinajstić information content (AvgIpc) is 2.62. The van der Waals surface area contributed by atoms with Gasteiger partial charge >= 0.3 is 0 Å². The molecular formula is C15H22N2. The van der Waals surface area contributed by atoms with E-state index in [-0.39, 0.29) is 0 Å². The normalized spacial score (nSPS) is 30.6. The van der Waals surface area contributed by atoms with Gasteiger partial charge in [-0.25, -0.2) is 0 Å². The van der Waals surface area contributed by atoms with Gasteiger partial charge < -0.3 is 5.32 Å². The third kappa shape index (κ3) is 2.38. The fraction of sp³-hybridized carbons (Fsp3) is 0.600. The SMILES string of the molecule is c1ccc(C2CNCCC3CCCCN32)cc1. The molecule has 0 amide bonds. The monoisotopic (exact) mass is 230 g/mol. The zero-order valence-corrected chi connectivity index (χ0v) is 10.4. The fourth-order valence-corrected chi connectivity index (χ4v) is 3.35. The van der Waals surface area contributed by atoms with Crippen LogP contribution in [0.3, 0.4) is 0 Å². The lowest BCUT2D eigenvalue weighted by Gasteiger charge is -2.39. The Morgan fingerprint density at radius 2 is 1.94 bits per heavy atom. The van der Waals surface area contributed by atoms with E-state index >= 15 is 0 Å². The zero-order valence-electron chi connectivity index (χ0n) is 10.4. The number of hydrogen-bond donors (Lipinski definition) is 1. The highest BCUT2D eigenvalue weighted by molar-refractivity contribution is 5.20. The van der Waals surface area contributed by atoms with Crippen LogP contribution in [-0.2, 0) is 0 Å². The Bertz CT molecular complexity index is 349. The maximum atomic E-state index is 3.61. The summed E-state index contributed by atoms with van der Waals surface area (Å²) in [4.78, 5) is 2.75. The highest BCUT2D eigenvalue weighted by atomic mass is 15.2. The highest BCUT2D eigenvalue weighted by Crippen LogP contribution is 2.31. The largest absolute Gasteiger partial charge is 0.315 e. The van der Waals surface area contributed by atoms with E-state index < -0.39 is 0 Å². The molecule has 2 unspecified atom stereocenters. The van der Waals surface area contributed by atoms with E-state index in [2.05, 4.69) is 40.5 Å². The summed E-state index contributed by atoms with van der Waals surface area (Å²) < 4.78 is 0. The Kier molecular flexibility index (Phi) is 3.44. The first-order valence-corrected chi connectivity index (χ1v) is 6.96. The van der Waals surface area contributed by atoms with Crippen LogP contribution in [0.15, 0.2) is 30.3 Å². The summed E-state index contributed by atoms with van der Waals surface area (Å²) in [6.45, 7) is 3.58. The third-order valence-electron chi connectivity index (χ3n) is 4.25. The van der Waals surface area contributed by atoms with Crippen LogP contribution >= 0.6 is 0 Å². The molecule has 2 nitrogen and oxygen atoms in total. The van der Waals surface area contributed by atoms with E-state index in [0.717, 1.165) is 12.6 Å². The van der Waals surface area contributed by atoms with Gasteiger partial charge in [-0.2, -0.15) is 0 Å². The number of hydrogen-bond acceptors (Lipinski definition) is 2. The van der Waals surface area contributed by atoms with Crippen molar-refractivity contribution in [3.63, 3.8) is 0 Å². The van der Waals surface area contributed by atoms with Gasteiger partial charge in [0.2, 0.25) is 0 Å². The van der Waals surface area contributed by atoms with Crippen molar-refractivity contribution < 1.29 is 0 Å². The van der Waals surface area contributed by atoms with Gasteiger partial charge in [0.25, 0.3) is 0 Å². The molecule has 2 saturated heterocycles. The summed E-state index contributed by atoms with van der Waals surface area (Å²) in [6, 6.07) is 12.4. The fourth-order valence-electron chi connectivity index (χ4n) is 3.35. The van der Waals surface area contributed by atoms with Crippen molar-refractivity contribution in [2.75, 3.05) is 19.6 Å². The molecular weight excluding hydrogens is 208 g/mol. The van der Waals surface area contributed by atoms with Gasteiger partial charge in [0.15, 0.2) is 0 Å². The summed E-state index contributed by atoms with van der Waals surface area (Å²) in [5, 5.41) is 3.61. The van der Waals surface area contributed by atoms with Crippen molar-refractivity contribution in [2.24, 2.45) is 0 Å². The molecule has 2 atom stereocenters. The summed E-state index contributed by atoms with van der Waals surface area (Å²) in [7, 11) is 0. The summed E-state index contributed by atoms with van der Waals surface area (Å²) in [5.74, 6) is 0. The van der Waals surface area contributed by atoms with E-state index in [1.807, 2.05) is 0 Å². The molecule has 92 valence electrons. The van der Waals surface area contributed by atoms with Crippen molar-refractivity contribution in [1.29, 1.82) is 0 Å². The van der Waals surface area contributed by atoms with Gasteiger partial charge in [-0.1, -0.05) is 36.8 Å². The number of nitrogens with one attached hydrogen (secondary N) is 1. The first-order valence-electron chi connectivity index (χ1n) is 6.96. The van der Waals surface area contributed by atoms with Crippen LogP contribution in [0.5, 0.6) is 0 Å². The van der Waals surface area contributed by atoms with Crippen molar-refractivity contribution in [1.82, 2.24) is 10.2 Å². The molecule has 17 heavy (non-hydrogen) atoms. The second kappa shape index (κ2) is 5.19. The predicted molar refractivity (Wildman–Crippen MR) is 71.0 cm³/mol. The number of fused-ring (bicyclic) bond motifs is 1. The molecule has 0 aliphatic carbocycles. The van der Waals surface area contributed by atoms with Crippen molar-refractivity contribution in [3.05, 3.63) is 35.9 Å². The maximum absolute atomic E-state index is 3.61. The number of nitrogens with zero attached hydrogens (tertiary/aromatic N) is 1. The van der Waals surface area contributed by atoms with E-state index in [4.69, 9.17) is 0 Å². The highest BCUT2D eigenvalue weighted by Gasteiger charge is 2.31. The van der Waals surface area contributed by atoms with Gasteiger partial charge in [0.05, 0.1) is 0 Å². The Hall–Kier alpha value is -0.860. The molecule has 2 aliphatic heterocycles. The smallest absolute Gasteiger partial charge is 0.0475 e. The average molecular weight is 230 g/mol. The molecule has 3 rings (SSSR count). The van der Waals surface area contributed by atoms with Crippen LogP contribution in [0.25, 0.3) is 0 Å². The van der Waals surface area contributed by atoms with Crippen molar-refractivity contribution in [2.45, 2.75) is 37.8 Å². The molecule has 2 aliphatic rings. The Balaban J connectivity index is 1.85. The molecule has 0 radical (unpaired) electrons. The molecule has 2 heterocycles. The van der Waals surface area contributed by atoms with E-state index in [0.29, 0.717) is 6.04 Å². The van der Waals surface area contributed by atoms with Crippen LogP contribution < -0.4 is 5.32 Å². The van der Waals surface area contributed by atoms with Crippen LogP contribution in [0, 0.1) is 0 Å². The number of rotatable bonds is 1. The van der Waals surface area contributed by atoms with Crippen LogP contribution in [0.4, 0.5) is 0 Å². The molecule has 2 heteroatoms. The minimum absolute atomic E-state index is 0.587. The molecule has 0 bridgehead atoms. The van der Waals surface area contributed by atoms with Crippen LogP contribution in [0.2, 0.25) is 0 Å². The third-order valence-corrected chi connectivity index (χ3v) is 4.25. The van der Waals surface area contributed by atoms with Crippen molar-refractivity contribution >= 4 is 0 Å². The van der Waals surface area contributed by atoms with E-state index in [1.54, 1.807) is 0 Å². The standard InChI is InChI=1S/C15H22N2/c1-2-6-13(7-3-1)15-12-16-10-9-14-8-4-5-11-17(14)15/h1-3,6-7,14-16H,4-5,8-12H2. The topological polar surface area (TPSA) is 15.3 Å². The molecule has 0 saturated carbocycles. The summed E-state index contributed by atoms with van der Waals surface area (Å²) >= 11 is 0. The van der Waals surface area contributed by atoms with Gasteiger partial charge in [-0.05, 0) is 37.9 Å². The number of benzene rings is 1. The second-order valence-electron chi connectivity index (χ2n) is 5.31. The Morgan fingerprint density at radius 1 is 1.06 bits per heavy atom. The predicted octanol–water partition coefficient (Wildman–Crippen LogP) is 2.58. The lowest BCUT2D eigenvalue weighted by molar-refractivity contribution is 0.104. The summed E-state index contributed by atoms with van der Waals surface area (Å²) in [5.41, 5.74) is 1.48. The molecule has 1 N–H and O–H groups in total. The van der Waals surface area contributed by atoms with Gasteiger partial charge in [-0.15, -0.1) is 0 Å². The van der Waals surface area contributed by atoms with Crippen LogP contribution in [-0.4, -0.2) is 30.6 Å². The lowest BCUT2D eigenvalue weighted by atomic mass is 9.95. The second-order valence-corrected chi connectivity index (χ2v) is 5.31. The lowest BCUT2D eigenvalue weighted by Crippen LogP contribution is -2.42. The van der Waals surface area contributed by atoms with Gasteiger partial charge in [0.1, 0.15) is 0 Å². The molecule has 2 fully saturated rings. The van der Waals surface area contributed by atoms with Gasteiger partial charge in [0, 0.05) is 18.6 Å². The van der Waals surface area contributed by atoms with E-state index in [1.165, 1.54) is 44.3 Å². The molecule has 1 aromatic rings. The molecule has 0 aromatic heterocycles. The Morgan fingerprint density at radius 3 is 2.82 bits per heavy atom. The minimum atomic E-state index is 0.587. The molecule has 1 aromatic carbocycles. The zero-order chi connectivity index (χ0) is 11.5. The maximum Gasteiger partial charge on any atom is 0.0475 e. The van der Waals surface area contributed by atoms with Crippen LogP contribution in [0.1, 0.15) is 37.3 Å². The quantitative estimate of drug-likeness (QED) is 0.797. The first kappa shape index (κ1) is 11.2. The first-order chi connectivity index (χ1) is 8.45. The summed E-state index contributed by atoms with van der Waals surface area (Å²) in [6.07, 6.45) is 5.51. The number of piperidine rings is 1. The van der Waals surface area contributed by atoms with Crippen molar-refractivity contribution in [3.8, 4) is 0 Å². The van der Waals surface area contributed by atoms with E-state index in [9.17, 15) is 0 Å². The van der Waals surface area contributed by atoms with Gasteiger partial charge in [-0.3, -0.25) is 4.90 Å².